The van der Waals surface area contributed by atoms with Gasteiger partial charge in [0.15, 0.2) is 0 Å². The summed E-state index contributed by atoms with van der Waals surface area (Å²) in [5, 5.41) is 10.4. The molecule has 0 radical (unpaired) electrons. The van der Waals surface area contributed by atoms with Crippen LogP contribution < -0.4 is 10.6 Å². The van der Waals surface area contributed by atoms with Crippen LogP contribution in [0.5, 0.6) is 0 Å². The van der Waals surface area contributed by atoms with Gasteiger partial charge in [-0.15, -0.1) is 0 Å². The van der Waals surface area contributed by atoms with Gasteiger partial charge in [0.2, 0.25) is 0 Å². The minimum absolute atomic E-state index is 0.0602. The Kier molecular flexibility index (Phi) is 4.91. The lowest BCUT2D eigenvalue weighted by molar-refractivity contribution is 0.238. The van der Waals surface area contributed by atoms with Gasteiger partial charge in [-0.25, -0.2) is 4.79 Å². The summed E-state index contributed by atoms with van der Waals surface area (Å²) in [7, 11) is 1.87. The van der Waals surface area contributed by atoms with Crippen LogP contribution in [0, 0.1) is 0 Å². The smallest absolute Gasteiger partial charge is 0.315 e. The Bertz CT molecular complexity index is 685. The molecule has 2 heterocycles. The molecule has 1 aliphatic heterocycles. The van der Waals surface area contributed by atoms with E-state index in [1.807, 2.05) is 31.9 Å². The van der Waals surface area contributed by atoms with Gasteiger partial charge in [0.05, 0.1) is 12.2 Å². The molecule has 6 heteroatoms. The maximum absolute atomic E-state index is 12.1. The van der Waals surface area contributed by atoms with Crippen molar-refractivity contribution in [2.75, 3.05) is 12.3 Å². The fourth-order valence-electron chi connectivity index (χ4n) is 2.83. The predicted octanol–water partition coefficient (Wildman–Crippen LogP) is 2.81. The average molecular weight is 330 g/mol. The third-order valence-corrected chi connectivity index (χ3v) is 5.38. The van der Waals surface area contributed by atoms with Crippen LogP contribution in [-0.2, 0) is 13.5 Å². The van der Waals surface area contributed by atoms with Gasteiger partial charge in [0, 0.05) is 30.6 Å². The summed E-state index contributed by atoms with van der Waals surface area (Å²) in [6.45, 7) is 2.61. The number of thioether (sulfide) groups is 1. The first-order chi connectivity index (χ1) is 11.1. The van der Waals surface area contributed by atoms with E-state index in [2.05, 4.69) is 40.0 Å². The van der Waals surface area contributed by atoms with Gasteiger partial charge in [-0.1, -0.05) is 24.3 Å². The van der Waals surface area contributed by atoms with Gasteiger partial charge in [0.1, 0.15) is 0 Å². The molecule has 2 atom stereocenters. The third-order valence-electron chi connectivity index (χ3n) is 4.11. The summed E-state index contributed by atoms with van der Waals surface area (Å²) in [5.74, 6) is 1.11. The maximum atomic E-state index is 12.1. The first-order valence-electron chi connectivity index (χ1n) is 7.86. The number of benzene rings is 1. The molecule has 0 saturated heterocycles. The summed E-state index contributed by atoms with van der Waals surface area (Å²) in [6.07, 6.45) is 4.80. The number of amides is 2. The van der Waals surface area contributed by atoms with Crippen LogP contribution in [0.2, 0.25) is 0 Å². The molecule has 0 saturated carbocycles. The standard InChI is InChI=1S/C17H22N4OS/c1-12(14-9-19-21(2)11-14)20-17(22)18-10-16-15-6-4-3-5-13(15)7-8-23-16/h3-6,9,11-12,16H,7-8,10H2,1-2H3,(H2,18,20,22)/t12-,16+/m0/s1. The molecule has 1 aromatic heterocycles. The molecule has 2 aromatic rings. The second-order valence-corrected chi connectivity index (χ2v) is 7.14. The van der Waals surface area contributed by atoms with Crippen LogP contribution in [0.1, 0.15) is 34.9 Å². The Labute approximate surface area is 140 Å². The number of urea groups is 1. The summed E-state index contributed by atoms with van der Waals surface area (Å²) in [6, 6.07) is 8.32. The zero-order valence-electron chi connectivity index (χ0n) is 13.5. The van der Waals surface area contributed by atoms with Crippen LogP contribution in [0.25, 0.3) is 0 Å². The fraction of sp³-hybridized carbons (Fsp3) is 0.412. The molecule has 122 valence electrons. The van der Waals surface area contributed by atoms with Crippen LogP contribution in [0.15, 0.2) is 36.7 Å². The van der Waals surface area contributed by atoms with Crippen molar-refractivity contribution in [1.82, 2.24) is 20.4 Å². The van der Waals surface area contributed by atoms with Crippen molar-refractivity contribution in [3.05, 3.63) is 53.3 Å². The summed E-state index contributed by atoms with van der Waals surface area (Å²) in [5.41, 5.74) is 3.76. The lowest BCUT2D eigenvalue weighted by Crippen LogP contribution is -2.39. The van der Waals surface area contributed by atoms with Crippen molar-refractivity contribution in [2.45, 2.75) is 24.6 Å². The van der Waals surface area contributed by atoms with Crippen molar-refractivity contribution in [3.63, 3.8) is 0 Å². The first kappa shape index (κ1) is 15.9. The van der Waals surface area contributed by atoms with Gasteiger partial charge in [0.25, 0.3) is 0 Å². The van der Waals surface area contributed by atoms with Crippen LogP contribution in [0.4, 0.5) is 4.79 Å². The number of nitrogens with one attached hydrogen (secondary N) is 2. The molecule has 0 fully saturated rings. The largest absolute Gasteiger partial charge is 0.337 e. The number of carbonyl (C=O) groups is 1. The molecule has 0 unspecified atom stereocenters. The van der Waals surface area contributed by atoms with E-state index in [9.17, 15) is 4.79 Å². The fourth-order valence-corrected chi connectivity index (χ4v) is 4.06. The molecule has 3 rings (SSSR count). The number of carbonyl (C=O) groups excluding carboxylic acids is 1. The van der Waals surface area contributed by atoms with Crippen LogP contribution in [-0.4, -0.2) is 28.1 Å². The van der Waals surface area contributed by atoms with Gasteiger partial charge in [-0.3, -0.25) is 4.68 Å². The molecular formula is C17H22N4OS. The van der Waals surface area contributed by atoms with Crippen molar-refractivity contribution in [2.24, 2.45) is 7.05 Å². The van der Waals surface area contributed by atoms with Gasteiger partial charge in [-0.2, -0.15) is 16.9 Å². The zero-order valence-corrected chi connectivity index (χ0v) is 14.3. The highest BCUT2D eigenvalue weighted by molar-refractivity contribution is 7.99. The minimum atomic E-state index is -0.134. The Morgan fingerprint density at radius 1 is 1.48 bits per heavy atom. The Morgan fingerprint density at radius 2 is 2.30 bits per heavy atom. The van der Waals surface area contributed by atoms with Crippen LogP contribution in [0.3, 0.4) is 0 Å². The molecular weight excluding hydrogens is 308 g/mol. The molecule has 2 amide bonds. The number of hydrogen-bond donors (Lipinski definition) is 2. The third kappa shape index (κ3) is 3.88. The van der Waals surface area contributed by atoms with E-state index >= 15 is 0 Å². The Morgan fingerprint density at radius 3 is 3.09 bits per heavy atom. The zero-order chi connectivity index (χ0) is 16.2. The number of fused-ring (bicyclic) bond motifs is 1. The number of nitrogens with zero attached hydrogens (tertiary/aromatic N) is 2. The second kappa shape index (κ2) is 7.08. The van der Waals surface area contributed by atoms with Gasteiger partial charge in [-0.05, 0) is 30.2 Å². The van der Waals surface area contributed by atoms with E-state index in [-0.39, 0.29) is 12.1 Å². The van der Waals surface area contributed by atoms with Crippen molar-refractivity contribution in [3.8, 4) is 0 Å². The lowest BCUT2D eigenvalue weighted by atomic mass is 10.0. The number of aryl methyl sites for hydroxylation is 2. The van der Waals surface area contributed by atoms with E-state index in [0.29, 0.717) is 11.8 Å². The molecule has 1 aliphatic rings. The monoisotopic (exact) mass is 330 g/mol. The Balaban J connectivity index is 1.54. The van der Waals surface area contributed by atoms with Crippen molar-refractivity contribution in [1.29, 1.82) is 0 Å². The Hall–Kier alpha value is -1.95. The number of rotatable bonds is 4. The molecule has 1 aromatic carbocycles. The number of hydrogen-bond acceptors (Lipinski definition) is 3. The quantitative estimate of drug-likeness (QED) is 0.906. The summed E-state index contributed by atoms with van der Waals surface area (Å²) >= 11 is 1.91. The molecule has 23 heavy (non-hydrogen) atoms. The predicted molar refractivity (Wildman–Crippen MR) is 93.5 cm³/mol. The van der Waals surface area contributed by atoms with E-state index in [1.165, 1.54) is 11.1 Å². The summed E-state index contributed by atoms with van der Waals surface area (Å²) < 4.78 is 1.74. The van der Waals surface area contributed by atoms with Gasteiger partial charge < -0.3 is 10.6 Å². The van der Waals surface area contributed by atoms with Crippen molar-refractivity contribution >= 4 is 17.8 Å². The lowest BCUT2D eigenvalue weighted by Gasteiger charge is -2.25. The molecule has 0 bridgehead atoms. The van der Waals surface area contributed by atoms with E-state index in [1.54, 1.807) is 10.9 Å². The molecule has 0 aliphatic carbocycles. The molecule has 2 N–H and O–H groups in total. The average Bonchev–Trinajstić information content (AvgIpc) is 2.99. The van der Waals surface area contributed by atoms with Crippen molar-refractivity contribution < 1.29 is 4.79 Å². The highest BCUT2D eigenvalue weighted by Gasteiger charge is 2.21. The first-order valence-corrected chi connectivity index (χ1v) is 8.90. The van der Waals surface area contributed by atoms with Gasteiger partial charge >= 0.3 is 6.03 Å². The highest BCUT2D eigenvalue weighted by Crippen LogP contribution is 2.35. The summed E-state index contributed by atoms with van der Waals surface area (Å²) in [4.78, 5) is 12.1. The second-order valence-electron chi connectivity index (χ2n) is 5.83. The minimum Gasteiger partial charge on any atom is -0.337 e. The van der Waals surface area contributed by atoms with E-state index in [0.717, 1.165) is 17.7 Å². The normalized spacial score (nSPS) is 18.1. The topological polar surface area (TPSA) is 59.0 Å². The van der Waals surface area contributed by atoms with E-state index in [4.69, 9.17) is 0 Å². The SMILES string of the molecule is C[C@H](NC(=O)NC[C@H]1SCCc2ccccc21)c1cnn(C)c1. The van der Waals surface area contributed by atoms with E-state index < -0.39 is 0 Å². The van der Waals surface area contributed by atoms with Crippen LogP contribution >= 0.6 is 11.8 Å². The maximum Gasteiger partial charge on any atom is 0.315 e. The highest BCUT2D eigenvalue weighted by atomic mass is 32.2. The molecule has 0 spiro atoms. The molecule has 5 nitrogen and oxygen atoms in total. The number of aromatic nitrogens is 2.